The van der Waals surface area contributed by atoms with Gasteiger partial charge in [0, 0.05) is 32.7 Å². The van der Waals surface area contributed by atoms with E-state index in [0.717, 1.165) is 44.1 Å². The molecule has 1 saturated heterocycles. The van der Waals surface area contributed by atoms with E-state index in [9.17, 15) is 5.11 Å². The number of aliphatic hydroxyl groups excluding tert-OH is 1. The van der Waals surface area contributed by atoms with Gasteiger partial charge in [0.15, 0.2) is 5.96 Å². The molecule has 0 aromatic heterocycles. The lowest BCUT2D eigenvalue weighted by Crippen LogP contribution is -2.50. The highest BCUT2D eigenvalue weighted by molar-refractivity contribution is 14.0. The number of morpholine rings is 1. The Hall–Kier alpha value is -1.10. The second kappa shape index (κ2) is 14.9. The third-order valence-electron chi connectivity index (χ3n) is 4.75. The zero-order valence-corrected chi connectivity index (χ0v) is 22.0. The highest BCUT2D eigenvalue weighted by Gasteiger charge is 2.21. The van der Waals surface area contributed by atoms with Crippen LogP contribution in [0.25, 0.3) is 0 Å². The number of ether oxygens (including phenoxy) is 2. The number of benzene rings is 1. The number of aliphatic imine (C=N–C) groups is 1. The van der Waals surface area contributed by atoms with Crippen LogP contribution < -0.4 is 15.4 Å². The van der Waals surface area contributed by atoms with Gasteiger partial charge in [-0.1, -0.05) is 26.0 Å². The van der Waals surface area contributed by atoms with Crippen LogP contribution >= 0.6 is 24.0 Å². The first-order valence-corrected chi connectivity index (χ1v) is 11.2. The van der Waals surface area contributed by atoms with E-state index >= 15 is 0 Å². The smallest absolute Gasteiger partial charge is 0.191 e. The molecule has 1 aromatic rings. The van der Waals surface area contributed by atoms with Crippen molar-refractivity contribution in [3.8, 4) is 5.75 Å². The van der Waals surface area contributed by atoms with Gasteiger partial charge in [-0.25, -0.2) is 0 Å². The molecule has 2 unspecified atom stereocenters. The molecule has 0 radical (unpaired) electrons. The average Bonchev–Trinajstić information content (AvgIpc) is 2.70. The summed E-state index contributed by atoms with van der Waals surface area (Å²) in [6.45, 7) is 16.0. The van der Waals surface area contributed by atoms with Crippen LogP contribution in [0, 0.1) is 5.92 Å². The van der Waals surface area contributed by atoms with Crippen molar-refractivity contribution in [2.24, 2.45) is 10.9 Å². The zero-order valence-electron chi connectivity index (χ0n) is 19.6. The van der Waals surface area contributed by atoms with E-state index in [4.69, 9.17) is 9.47 Å². The molecule has 1 aromatic carbocycles. The van der Waals surface area contributed by atoms with E-state index in [1.54, 1.807) is 0 Å². The molecule has 7 nitrogen and oxygen atoms in total. The summed E-state index contributed by atoms with van der Waals surface area (Å²) in [6.07, 6.45) is -0.398. The Bertz CT molecular complexity index is 640. The van der Waals surface area contributed by atoms with Gasteiger partial charge in [-0.2, -0.15) is 0 Å². The molecule has 31 heavy (non-hydrogen) atoms. The Morgan fingerprint density at radius 2 is 1.94 bits per heavy atom. The van der Waals surface area contributed by atoms with Gasteiger partial charge in [-0.05, 0) is 44.4 Å². The number of rotatable bonds is 10. The maximum absolute atomic E-state index is 10.5. The Balaban J connectivity index is 0.00000480. The first kappa shape index (κ1) is 27.9. The second-order valence-corrected chi connectivity index (χ2v) is 8.50. The summed E-state index contributed by atoms with van der Waals surface area (Å²) in [7, 11) is 0. The van der Waals surface area contributed by atoms with Crippen LogP contribution in [-0.2, 0) is 4.74 Å². The largest absolute Gasteiger partial charge is 0.491 e. The van der Waals surface area contributed by atoms with Crippen LogP contribution in [-0.4, -0.2) is 74.0 Å². The molecule has 2 rings (SSSR count). The van der Waals surface area contributed by atoms with Gasteiger partial charge in [-0.3, -0.25) is 9.89 Å². The molecule has 1 aliphatic rings. The van der Waals surface area contributed by atoms with Crippen LogP contribution in [0.2, 0.25) is 0 Å². The number of aliphatic hydroxyl groups is 1. The van der Waals surface area contributed by atoms with Crippen molar-refractivity contribution < 1.29 is 14.6 Å². The highest BCUT2D eigenvalue weighted by atomic mass is 127. The fraction of sp³-hybridized carbons (Fsp3) is 0.696. The van der Waals surface area contributed by atoms with Crippen LogP contribution in [0.1, 0.15) is 46.3 Å². The topological polar surface area (TPSA) is 78.4 Å². The molecule has 0 amide bonds. The van der Waals surface area contributed by atoms with Crippen molar-refractivity contribution in [3.63, 3.8) is 0 Å². The predicted molar refractivity (Wildman–Crippen MR) is 138 cm³/mol. The van der Waals surface area contributed by atoms with Crippen molar-refractivity contribution in [1.29, 1.82) is 0 Å². The predicted octanol–water partition coefficient (Wildman–Crippen LogP) is 3.04. The van der Waals surface area contributed by atoms with Gasteiger partial charge in [0.1, 0.15) is 5.75 Å². The first-order chi connectivity index (χ1) is 14.4. The minimum absolute atomic E-state index is 0. The number of hydrogen-bond acceptors (Lipinski definition) is 5. The third-order valence-corrected chi connectivity index (χ3v) is 4.75. The minimum atomic E-state index is -0.666. The molecule has 8 heteroatoms. The number of guanidine groups is 1. The molecule has 0 saturated carbocycles. The number of nitrogens with zero attached hydrogens (tertiary/aromatic N) is 2. The molecule has 1 aliphatic heterocycles. The van der Waals surface area contributed by atoms with E-state index in [-0.39, 0.29) is 42.7 Å². The summed E-state index contributed by atoms with van der Waals surface area (Å²) in [5, 5.41) is 17.1. The summed E-state index contributed by atoms with van der Waals surface area (Å²) in [5.74, 6) is 2.16. The molecule has 2 atom stereocenters. The van der Waals surface area contributed by atoms with Crippen molar-refractivity contribution in [3.05, 3.63) is 29.8 Å². The number of hydrogen-bond donors (Lipinski definition) is 3. The molecule has 3 N–H and O–H groups in total. The van der Waals surface area contributed by atoms with Crippen molar-refractivity contribution in [2.45, 2.75) is 52.9 Å². The molecular formula is C23H41IN4O3. The summed E-state index contributed by atoms with van der Waals surface area (Å²) in [5.41, 5.74) is 0.825. The van der Waals surface area contributed by atoms with E-state index in [2.05, 4.69) is 34.4 Å². The van der Waals surface area contributed by atoms with Gasteiger partial charge in [0.05, 0.1) is 31.5 Å². The van der Waals surface area contributed by atoms with Gasteiger partial charge in [0.2, 0.25) is 0 Å². The normalized spacial score (nSPS) is 18.6. The number of nitrogens with one attached hydrogen (secondary N) is 2. The quantitative estimate of drug-likeness (QED) is 0.237. The lowest BCUT2D eigenvalue weighted by molar-refractivity contribution is -0.0284. The van der Waals surface area contributed by atoms with E-state index < -0.39 is 6.10 Å². The van der Waals surface area contributed by atoms with Gasteiger partial charge >= 0.3 is 0 Å². The molecule has 0 aliphatic carbocycles. The van der Waals surface area contributed by atoms with Crippen LogP contribution in [0.3, 0.4) is 0 Å². The van der Waals surface area contributed by atoms with E-state index in [0.29, 0.717) is 18.4 Å². The standard InChI is InChI=1S/C23H40N4O3.HI/c1-6-24-23(25-13-21-16-27(11-12-29-21)15-17(2)3)26-14-22(28)19-7-9-20(10-8-19)30-18(4)5;/h7-10,17-18,21-22,28H,6,11-16H2,1-5H3,(H2,24,25,26);1H. The van der Waals surface area contributed by atoms with Crippen molar-refractivity contribution >= 4 is 29.9 Å². The first-order valence-electron chi connectivity index (χ1n) is 11.2. The zero-order chi connectivity index (χ0) is 21.9. The second-order valence-electron chi connectivity index (χ2n) is 8.50. The highest BCUT2D eigenvalue weighted by Crippen LogP contribution is 2.19. The third kappa shape index (κ3) is 10.9. The fourth-order valence-electron chi connectivity index (χ4n) is 3.46. The van der Waals surface area contributed by atoms with E-state index in [1.165, 1.54) is 0 Å². The monoisotopic (exact) mass is 548 g/mol. The average molecular weight is 549 g/mol. The Morgan fingerprint density at radius 1 is 1.23 bits per heavy atom. The van der Waals surface area contributed by atoms with Crippen molar-refractivity contribution in [2.75, 3.05) is 45.9 Å². The van der Waals surface area contributed by atoms with Gasteiger partial charge < -0.3 is 25.2 Å². The molecular weight excluding hydrogens is 507 g/mol. The van der Waals surface area contributed by atoms with Crippen LogP contribution in [0.4, 0.5) is 0 Å². The van der Waals surface area contributed by atoms with Gasteiger partial charge in [0.25, 0.3) is 0 Å². The fourth-order valence-corrected chi connectivity index (χ4v) is 3.46. The summed E-state index contributed by atoms with van der Waals surface area (Å²) >= 11 is 0. The SMILES string of the molecule is CCNC(=NCC(O)c1ccc(OC(C)C)cc1)NCC1CN(CC(C)C)CCO1.I. The lowest BCUT2D eigenvalue weighted by atomic mass is 10.1. The van der Waals surface area contributed by atoms with Crippen molar-refractivity contribution in [1.82, 2.24) is 15.5 Å². The van der Waals surface area contributed by atoms with Gasteiger partial charge in [-0.15, -0.1) is 24.0 Å². The molecule has 1 fully saturated rings. The maximum atomic E-state index is 10.5. The Morgan fingerprint density at radius 3 is 2.55 bits per heavy atom. The Kier molecular flexibility index (Phi) is 13.4. The van der Waals surface area contributed by atoms with E-state index in [1.807, 2.05) is 45.0 Å². The summed E-state index contributed by atoms with van der Waals surface area (Å²) in [6, 6.07) is 7.54. The molecule has 178 valence electrons. The molecule has 0 spiro atoms. The lowest BCUT2D eigenvalue weighted by Gasteiger charge is -2.34. The maximum Gasteiger partial charge on any atom is 0.191 e. The Labute approximate surface area is 205 Å². The summed E-state index contributed by atoms with van der Waals surface area (Å²) < 4.78 is 11.6. The molecule has 0 bridgehead atoms. The van der Waals surface area contributed by atoms with Crippen LogP contribution in [0.5, 0.6) is 5.75 Å². The van der Waals surface area contributed by atoms with Crippen LogP contribution in [0.15, 0.2) is 29.3 Å². The number of halogens is 1. The molecule has 1 heterocycles. The summed E-state index contributed by atoms with van der Waals surface area (Å²) in [4.78, 5) is 7.02. The minimum Gasteiger partial charge on any atom is -0.491 e.